The van der Waals surface area contributed by atoms with Gasteiger partial charge in [0, 0.05) is 16.2 Å². The van der Waals surface area contributed by atoms with Crippen LogP contribution in [0.3, 0.4) is 0 Å². The summed E-state index contributed by atoms with van der Waals surface area (Å²) in [6.07, 6.45) is 0. The molecule has 9 aromatic carbocycles. The Morgan fingerprint density at radius 3 is 1.61 bits per heavy atom. The third-order valence-electron chi connectivity index (χ3n) is 9.80. The molecule has 1 heterocycles. The highest BCUT2D eigenvalue weighted by Gasteiger charge is 2.20. The molecule has 0 aliphatic rings. The van der Waals surface area contributed by atoms with Gasteiger partial charge >= 0.3 is 0 Å². The lowest BCUT2D eigenvalue weighted by Gasteiger charge is -2.19. The van der Waals surface area contributed by atoms with E-state index in [0.717, 1.165) is 87.6 Å². The molecule has 1 heteroatoms. The SMILES string of the molecule is [2H]c1c([2H])c([2H])c(-c2c3ccccc3c(-c3ccc4c(c3)oc3c5ccccc5ccc43)c3ccccc23)c(-c2ccc(-c3ccccc3)cc2)c1[2H]. The monoisotopic (exact) mass is 626 g/mol. The molecule has 1 nitrogen and oxygen atoms in total. The maximum Gasteiger partial charge on any atom is 0.143 e. The average Bonchev–Trinajstić information content (AvgIpc) is 3.59. The van der Waals surface area contributed by atoms with Crippen LogP contribution in [0.25, 0.3) is 98.8 Å². The molecule has 0 radical (unpaired) electrons. The number of benzene rings is 9. The van der Waals surface area contributed by atoms with E-state index in [4.69, 9.17) is 7.16 Å². The van der Waals surface area contributed by atoms with Crippen LogP contribution in [0.15, 0.2) is 186 Å². The molecule has 10 aromatic rings. The Kier molecular flexibility index (Phi) is 5.38. The second-order valence-electron chi connectivity index (χ2n) is 12.5. The second kappa shape index (κ2) is 11.1. The lowest BCUT2D eigenvalue weighted by atomic mass is 9.83. The molecular formula is C48H30O. The van der Waals surface area contributed by atoms with Gasteiger partial charge in [0.25, 0.3) is 0 Å². The maximum absolute atomic E-state index is 9.40. The standard InChI is InChI=1S/C48H30O/c1-2-12-31(13-3-1)32-22-24-34(25-23-32)36-15-6-7-17-39(36)47-42-20-10-8-18-40(42)46(41-19-9-11-21-43(41)47)35-27-28-38-44-29-26-33-14-4-5-16-37(33)48(44)49-45(38)30-35/h1-30H/i6D,7D,15D,17D. The van der Waals surface area contributed by atoms with Crippen molar-refractivity contribution in [3.05, 3.63) is 182 Å². The molecule has 228 valence electrons. The van der Waals surface area contributed by atoms with Crippen LogP contribution in [-0.2, 0) is 0 Å². The van der Waals surface area contributed by atoms with Gasteiger partial charge in [-0.1, -0.05) is 164 Å². The minimum atomic E-state index is -0.255. The zero-order valence-corrected chi connectivity index (χ0v) is 26.4. The summed E-state index contributed by atoms with van der Waals surface area (Å²) in [5.41, 5.74) is 8.33. The van der Waals surface area contributed by atoms with E-state index in [1.165, 1.54) is 0 Å². The third-order valence-corrected chi connectivity index (χ3v) is 9.80. The fourth-order valence-electron chi connectivity index (χ4n) is 7.55. The van der Waals surface area contributed by atoms with Crippen molar-refractivity contribution < 1.29 is 9.90 Å². The van der Waals surface area contributed by atoms with Gasteiger partial charge in [-0.3, -0.25) is 0 Å². The predicted octanol–water partition coefficient (Wildman–Crippen LogP) is 13.7. The van der Waals surface area contributed by atoms with Gasteiger partial charge in [0.1, 0.15) is 11.2 Å². The molecule has 0 saturated heterocycles. The van der Waals surface area contributed by atoms with E-state index in [0.29, 0.717) is 11.1 Å². The highest BCUT2D eigenvalue weighted by Crippen LogP contribution is 2.47. The number of hydrogen-bond donors (Lipinski definition) is 0. The van der Waals surface area contributed by atoms with E-state index in [1.54, 1.807) is 0 Å². The zero-order valence-electron chi connectivity index (χ0n) is 30.4. The van der Waals surface area contributed by atoms with Crippen LogP contribution >= 0.6 is 0 Å². The molecule has 0 amide bonds. The molecule has 0 N–H and O–H groups in total. The van der Waals surface area contributed by atoms with Gasteiger partial charge in [0.2, 0.25) is 0 Å². The lowest BCUT2D eigenvalue weighted by molar-refractivity contribution is 0.673. The van der Waals surface area contributed by atoms with E-state index in [2.05, 4.69) is 78.9 Å². The Hall–Kier alpha value is -6.44. The summed E-state index contributed by atoms with van der Waals surface area (Å²) in [6, 6.07) is 52.9. The molecule has 0 fully saturated rings. The Morgan fingerprint density at radius 2 is 0.898 bits per heavy atom. The zero-order chi connectivity index (χ0) is 35.8. The van der Waals surface area contributed by atoms with Crippen molar-refractivity contribution in [2.24, 2.45) is 0 Å². The molecule has 0 atom stereocenters. The van der Waals surface area contributed by atoms with Crippen molar-refractivity contribution in [3.8, 4) is 44.5 Å². The Labute approximate surface area is 289 Å². The molecule has 49 heavy (non-hydrogen) atoms. The average molecular weight is 627 g/mol. The van der Waals surface area contributed by atoms with Gasteiger partial charge in [-0.05, 0) is 89.6 Å². The van der Waals surface area contributed by atoms with E-state index < -0.39 is 0 Å². The highest BCUT2D eigenvalue weighted by molar-refractivity contribution is 6.23. The molecule has 0 bridgehead atoms. The summed E-state index contributed by atoms with van der Waals surface area (Å²) in [4.78, 5) is 0. The second-order valence-corrected chi connectivity index (χ2v) is 12.5. The van der Waals surface area contributed by atoms with Gasteiger partial charge in [0.15, 0.2) is 0 Å². The summed E-state index contributed by atoms with van der Waals surface area (Å²) in [6.45, 7) is 0. The fraction of sp³-hybridized carbons (Fsp3) is 0. The highest BCUT2D eigenvalue weighted by atomic mass is 16.3. The van der Waals surface area contributed by atoms with Crippen LogP contribution in [0, 0.1) is 0 Å². The van der Waals surface area contributed by atoms with Crippen molar-refractivity contribution in [1.82, 2.24) is 0 Å². The molecule has 0 aliphatic carbocycles. The van der Waals surface area contributed by atoms with Crippen molar-refractivity contribution in [1.29, 1.82) is 0 Å². The van der Waals surface area contributed by atoms with Crippen molar-refractivity contribution in [2.45, 2.75) is 0 Å². The fourth-order valence-corrected chi connectivity index (χ4v) is 7.55. The van der Waals surface area contributed by atoms with Crippen molar-refractivity contribution in [2.75, 3.05) is 0 Å². The van der Waals surface area contributed by atoms with Gasteiger partial charge in [-0.25, -0.2) is 0 Å². The van der Waals surface area contributed by atoms with E-state index >= 15 is 0 Å². The van der Waals surface area contributed by atoms with Crippen LogP contribution in [-0.4, -0.2) is 0 Å². The van der Waals surface area contributed by atoms with Gasteiger partial charge < -0.3 is 4.42 Å². The quantitative estimate of drug-likeness (QED) is 0.177. The summed E-state index contributed by atoms with van der Waals surface area (Å²) < 4.78 is 42.8. The molecule has 10 rings (SSSR count). The third kappa shape index (κ3) is 4.40. The number of furan rings is 1. The Morgan fingerprint density at radius 1 is 0.367 bits per heavy atom. The molecule has 0 saturated carbocycles. The molecule has 0 unspecified atom stereocenters. The first-order valence-electron chi connectivity index (χ1n) is 18.5. The lowest BCUT2D eigenvalue weighted by Crippen LogP contribution is -1.92. The first-order chi connectivity index (χ1) is 26.0. The number of hydrogen-bond acceptors (Lipinski definition) is 1. The Balaban J connectivity index is 1.25. The number of fused-ring (bicyclic) bond motifs is 7. The summed E-state index contributed by atoms with van der Waals surface area (Å²) >= 11 is 0. The van der Waals surface area contributed by atoms with E-state index in [9.17, 15) is 2.74 Å². The van der Waals surface area contributed by atoms with Gasteiger partial charge in [-0.15, -0.1) is 0 Å². The summed E-state index contributed by atoms with van der Waals surface area (Å²) in [7, 11) is 0. The van der Waals surface area contributed by atoms with E-state index in [1.807, 2.05) is 78.9 Å². The van der Waals surface area contributed by atoms with Crippen molar-refractivity contribution in [3.63, 3.8) is 0 Å². The van der Waals surface area contributed by atoms with Crippen LogP contribution in [0.5, 0.6) is 0 Å². The predicted molar refractivity (Wildman–Crippen MR) is 208 cm³/mol. The minimum Gasteiger partial charge on any atom is -0.455 e. The molecule has 1 aromatic heterocycles. The van der Waals surface area contributed by atoms with E-state index in [-0.39, 0.29) is 24.2 Å². The topological polar surface area (TPSA) is 13.1 Å². The van der Waals surface area contributed by atoms with Crippen LogP contribution < -0.4 is 0 Å². The van der Waals surface area contributed by atoms with Gasteiger partial charge in [-0.2, -0.15) is 0 Å². The van der Waals surface area contributed by atoms with Crippen LogP contribution in [0.4, 0.5) is 0 Å². The smallest absolute Gasteiger partial charge is 0.143 e. The maximum atomic E-state index is 9.40. The summed E-state index contributed by atoms with van der Waals surface area (Å²) in [5, 5.41) is 8.15. The molecule has 0 spiro atoms. The van der Waals surface area contributed by atoms with Crippen molar-refractivity contribution >= 4 is 54.3 Å². The first-order valence-corrected chi connectivity index (χ1v) is 16.5. The first kappa shape index (κ1) is 23.8. The molecule has 0 aliphatic heterocycles. The van der Waals surface area contributed by atoms with Crippen LogP contribution in [0.2, 0.25) is 0 Å². The minimum absolute atomic E-state index is 0.0615. The van der Waals surface area contributed by atoms with Gasteiger partial charge in [0.05, 0.1) is 5.48 Å². The molecular weight excluding hydrogens is 593 g/mol. The number of rotatable bonds is 4. The normalized spacial score (nSPS) is 12.8. The van der Waals surface area contributed by atoms with Crippen LogP contribution in [0.1, 0.15) is 5.48 Å². The summed E-state index contributed by atoms with van der Waals surface area (Å²) in [5.74, 6) is 0. The largest absolute Gasteiger partial charge is 0.455 e. The Bertz CT molecular complexity index is 3030.